The molecule has 0 saturated carbocycles. The van der Waals surface area contributed by atoms with Crippen LogP contribution in [-0.2, 0) is 19.6 Å². The van der Waals surface area contributed by atoms with Crippen LogP contribution in [0.2, 0.25) is 0 Å². The molecular formula is C10H17NO5S2. The summed E-state index contributed by atoms with van der Waals surface area (Å²) < 4.78 is 32.0. The molecule has 0 spiro atoms. The van der Waals surface area contributed by atoms with E-state index in [2.05, 4.69) is 4.72 Å². The average molecular weight is 295 g/mol. The molecule has 2 fully saturated rings. The van der Waals surface area contributed by atoms with Crippen molar-refractivity contribution < 1.29 is 23.1 Å². The number of carbonyl (C=O) groups is 1. The summed E-state index contributed by atoms with van der Waals surface area (Å²) in [7, 11) is -3.59. The van der Waals surface area contributed by atoms with Crippen molar-refractivity contribution in [1.82, 2.24) is 4.72 Å². The zero-order chi connectivity index (χ0) is 13.2. The molecule has 2 heterocycles. The highest BCUT2D eigenvalue weighted by atomic mass is 32.2. The maximum Gasteiger partial charge on any atom is 0.325 e. The quantitative estimate of drug-likeness (QED) is 0.761. The van der Waals surface area contributed by atoms with Crippen molar-refractivity contribution in [2.45, 2.75) is 30.1 Å². The minimum Gasteiger partial charge on any atom is -0.480 e. The SMILES string of the molecule is O=C(O)C1(NS(=O)(=O)C2CCOCC2)CCSC1. The molecule has 6 nitrogen and oxygen atoms in total. The van der Waals surface area contributed by atoms with Gasteiger partial charge in [0.15, 0.2) is 0 Å². The Morgan fingerprint density at radius 2 is 2.06 bits per heavy atom. The van der Waals surface area contributed by atoms with Gasteiger partial charge in [0, 0.05) is 19.0 Å². The van der Waals surface area contributed by atoms with E-state index in [1.165, 1.54) is 11.8 Å². The summed E-state index contributed by atoms with van der Waals surface area (Å²) in [4.78, 5) is 11.3. The summed E-state index contributed by atoms with van der Waals surface area (Å²) in [5.41, 5.74) is -1.32. The number of hydrogen-bond donors (Lipinski definition) is 2. The minimum atomic E-state index is -3.59. The molecule has 0 aromatic rings. The molecule has 0 radical (unpaired) electrons. The van der Waals surface area contributed by atoms with Crippen molar-refractivity contribution >= 4 is 27.8 Å². The van der Waals surface area contributed by atoms with E-state index in [1.54, 1.807) is 0 Å². The van der Waals surface area contributed by atoms with Gasteiger partial charge in [-0.2, -0.15) is 16.5 Å². The van der Waals surface area contributed by atoms with Crippen LogP contribution < -0.4 is 4.72 Å². The molecule has 2 rings (SSSR count). The van der Waals surface area contributed by atoms with Crippen LogP contribution in [0.5, 0.6) is 0 Å². The summed E-state index contributed by atoms with van der Waals surface area (Å²) in [6.45, 7) is 0.834. The Morgan fingerprint density at radius 3 is 2.56 bits per heavy atom. The lowest BCUT2D eigenvalue weighted by molar-refractivity contribution is -0.142. The van der Waals surface area contributed by atoms with Crippen LogP contribution in [0.25, 0.3) is 0 Å². The molecule has 0 aromatic heterocycles. The lowest BCUT2D eigenvalue weighted by Gasteiger charge is -2.29. The highest BCUT2D eigenvalue weighted by molar-refractivity contribution is 7.99. The number of hydrogen-bond acceptors (Lipinski definition) is 5. The lowest BCUT2D eigenvalue weighted by Crippen LogP contribution is -2.57. The fourth-order valence-electron chi connectivity index (χ4n) is 2.20. The van der Waals surface area contributed by atoms with Gasteiger partial charge in [-0.1, -0.05) is 0 Å². The van der Waals surface area contributed by atoms with Crippen molar-refractivity contribution in [2.75, 3.05) is 24.7 Å². The third-order valence-electron chi connectivity index (χ3n) is 3.38. The number of rotatable bonds is 4. The summed E-state index contributed by atoms with van der Waals surface area (Å²) in [5.74, 6) is -0.115. The van der Waals surface area contributed by atoms with E-state index in [-0.39, 0.29) is 0 Å². The topological polar surface area (TPSA) is 92.7 Å². The van der Waals surface area contributed by atoms with Gasteiger partial charge in [0.1, 0.15) is 5.54 Å². The molecular weight excluding hydrogens is 278 g/mol. The molecule has 0 aromatic carbocycles. The Balaban J connectivity index is 2.12. The molecule has 0 bridgehead atoms. The van der Waals surface area contributed by atoms with Gasteiger partial charge in [-0.05, 0) is 25.0 Å². The molecule has 2 aliphatic rings. The van der Waals surface area contributed by atoms with E-state index in [1.807, 2.05) is 0 Å². The van der Waals surface area contributed by atoms with Crippen molar-refractivity contribution in [3.05, 3.63) is 0 Å². The van der Waals surface area contributed by atoms with Crippen molar-refractivity contribution in [2.24, 2.45) is 0 Å². The Kier molecular flexibility index (Phi) is 4.20. The second-order valence-corrected chi connectivity index (χ2v) is 7.71. The summed E-state index contributed by atoms with van der Waals surface area (Å²) in [5, 5.41) is 8.73. The van der Waals surface area contributed by atoms with Gasteiger partial charge in [0.25, 0.3) is 0 Å². The molecule has 18 heavy (non-hydrogen) atoms. The monoisotopic (exact) mass is 295 g/mol. The normalized spacial score (nSPS) is 30.4. The molecule has 2 saturated heterocycles. The number of thioether (sulfide) groups is 1. The predicted octanol–water partition coefficient (Wildman–Crippen LogP) is 0.0451. The van der Waals surface area contributed by atoms with Crippen LogP contribution >= 0.6 is 11.8 Å². The van der Waals surface area contributed by atoms with E-state index in [4.69, 9.17) is 4.74 Å². The van der Waals surface area contributed by atoms with Gasteiger partial charge < -0.3 is 9.84 Å². The van der Waals surface area contributed by atoms with Gasteiger partial charge in [-0.25, -0.2) is 8.42 Å². The van der Waals surface area contributed by atoms with Crippen molar-refractivity contribution in [3.63, 3.8) is 0 Å². The third-order valence-corrected chi connectivity index (χ3v) is 6.59. The highest BCUT2D eigenvalue weighted by Crippen LogP contribution is 2.30. The number of nitrogens with one attached hydrogen (secondary N) is 1. The van der Waals surface area contributed by atoms with Crippen molar-refractivity contribution in [3.8, 4) is 0 Å². The number of sulfonamides is 1. The Hall–Kier alpha value is -0.310. The van der Waals surface area contributed by atoms with Crippen molar-refractivity contribution in [1.29, 1.82) is 0 Å². The molecule has 8 heteroatoms. The first-order chi connectivity index (χ1) is 8.46. The standard InChI is InChI=1S/C10H17NO5S2/c12-9(13)10(3-6-17-7-10)11-18(14,15)8-1-4-16-5-2-8/h8,11H,1-7H2,(H,12,13). The number of carboxylic acids is 1. The second kappa shape index (κ2) is 5.36. The van der Waals surface area contributed by atoms with E-state index < -0.39 is 26.8 Å². The number of aliphatic carboxylic acids is 1. The molecule has 2 N–H and O–H groups in total. The van der Waals surface area contributed by atoms with Crippen LogP contribution in [0, 0.1) is 0 Å². The fraction of sp³-hybridized carbons (Fsp3) is 0.900. The smallest absolute Gasteiger partial charge is 0.325 e. The second-order valence-electron chi connectivity index (χ2n) is 4.65. The minimum absolute atomic E-state index is 0.296. The van der Waals surface area contributed by atoms with Gasteiger partial charge in [-0.3, -0.25) is 4.79 Å². The maximum absolute atomic E-state index is 12.2. The summed E-state index contributed by atoms with van der Waals surface area (Å²) >= 11 is 1.46. The van der Waals surface area contributed by atoms with Crippen LogP contribution in [-0.4, -0.2) is 55.0 Å². The molecule has 0 amide bonds. The number of ether oxygens (including phenoxy) is 1. The van der Waals surface area contributed by atoms with Crippen LogP contribution in [0.4, 0.5) is 0 Å². The van der Waals surface area contributed by atoms with Crippen LogP contribution in [0.1, 0.15) is 19.3 Å². The zero-order valence-electron chi connectivity index (χ0n) is 9.92. The molecule has 0 aliphatic carbocycles. The molecule has 104 valence electrons. The van der Waals surface area contributed by atoms with Gasteiger partial charge in [0.2, 0.25) is 10.0 Å². The Bertz CT molecular complexity index is 410. The first-order valence-corrected chi connectivity index (χ1v) is 8.58. The Labute approximate surface area is 111 Å². The molecule has 1 unspecified atom stereocenters. The zero-order valence-corrected chi connectivity index (χ0v) is 11.6. The average Bonchev–Trinajstić information content (AvgIpc) is 2.79. The summed E-state index contributed by atoms with van der Waals surface area (Å²) in [6.07, 6.45) is 1.20. The molecule has 1 atom stereocenters. The van der Waals surface area contributed by atoms with E-state index >= 15 is 0 Å². The first-order valence-electron chi connectivity index (χ1n) is 5.88. The third kappa shape index (κ3) is 2.81. The fourth-order valence-corrected chi connectivity index (χ4v) is 5.40. The largest absolute Gasteiger partial charge is 0.480 e. The summed E-state index contributed by atoms with van der Waals surface area (Å²) in [6, 6.07) is 0. The lowest BCUT2D eigenvalue weighted by atomic mass is 10.0. The van der Waals surface area contributed by atoms with Gasteiger partial charge in [0.05, 0.1) is 5.25 Å². The number of carboxylic acid groups (broad SMARTS) is 1. The van der Waals surface area contributed by atoms with Gasteiger partial charge in [-0.15, -0.1) is 0 Å². The van der Waals surface area contributed by atoms with Crippen LogP contribution in [0.3, 0.4) is 0 Å². The first kappa shape index (κ1) is 14.1. The van der Waals surface area contributed by atoms with E-state index in [0.29, 0.717) is 44.0 Å². The van der Waals surface area contributed by atoms with E-state index in [9.17, 15) is 18.3 Å². The highest BCUT2D eigenvalue weighted by Gasteiger charge is 2.46. The van der Waals surface area contributed by atoms with Gasteiger partial charge >= 0.3 is 5.97 Å². The van der Waals surface area contributed by atoms with E-state index in [0.717, 1.165) is 0 Å². The van der Waals surface area contributed by atoms with Crippen LogP contribution in [0.15, 0.2) is 0 Å². The maximum atomic E-state index is 12.2. The molecule has 2 aliphatic heterocycles. The predicted molar refractivity (Wildman–Crippen MR) is 68.2 cm³/mol. The Morgan fingerprint density at radius 1 is 1.39 bits per heavy atom.